The summed E-state index contributed by atoms with van der Waals surface area (Å²) < 4.78 is 4.85. The Morgan fingerprint density at radius 3 is 1.15 bits per heavy atom. The maximum absolute atomic E-state index is 3.94. The van der Waals surface area contributed by atoms with Crippen LogP contribution in [0.15, 0.2) is 171 Å². The molecule has 2 nitrogen and oxygen atoms in total. The molecule has 0 saturated carbocycles. The number of fused-ring (bicyclic) bond motifs is 6. The van der Waals surface area contributed by atoms with Crippen LogP contribution in [0.3, 0.4) is 0 Å². The maximum atomic E-state index is 3.94. The van der Waals surface area contributed by atoms with Crippen LogP contribution in [0.25, 0.3) is 67.1 Å². The van der Waals surface area contributed by atoms with E-state index in [1.807, 2.05) is 12.2 Å². The molecule has 9 aromatic rings. The van der Waals surface area contributed by atoms with Crippen molar-refractivity contribution in [3.8, 4) is 11.4 Å². The minimum absolute atomic E-state index is 0.168. The predicted molar refractivity (Wildman–Crippen MR) is 232 cm³/mol. The van der Waals surface area contributed by atoms with Crippen molar-refractivity contribution in [2.24, 2.45) is 0 Å². The first-order chi connectivity index (χ1) is 26.2. The number of para-hydroxylation sites is 2. The molecular weight excluding hydrogens is 653 g/mol. The summed E-state index contributed by atoms with van der Waals surface area (Å²) in [7, 11) is 0. The van der Waals surface area contributed by atoms with Gasteiger partial charge in [-0.1, -0.05) is 156 Å². The number of nitrogens with zero attached hydrogens (tertiary/aromatic N) is 2. The highest BCUT2D eigenvalue weighted by Crippen LogP contribution is 2.40. The van der Waals surface area contributed by atoms with Gasteiger partial charge in [0, 0.05) is 43.7 Å². The lowest BCUT2D eigenvalue weighted by Crippen LogP contribution is -2.18. The summed E-state index contributed by atoms with van der Waals surface area (Å²) in [6.45, 7) is 17.1. The molecule has 54 heavy (non-hydrogen) atoms. The Morgan fingerprint density at radius 1 is 0.370 bits per heavy atom. The SMILES string of the molecule is C=Cc1ccc(C(C)(C)c2ccc3c(c2)c2ccccc2n3-c2cccc(-n3c4ccccc4c4cc(C(C)(C)c5ccc(C=C)cc5)ccc43)c2)cc1. The second-order valence-electron chi connectivity index (χ2n) is 15.6. The molecule has 0 saturated heterocycles. The van der Waals surface area contributed by atoms with Gasteiger partial charge in [-0.25, -0.2) is 0 Å². The zero-order valence-electron chi connectivity index (χ0n) is 31.5. The van der Waals surface area contributed by atoms with Crippen LogP contribution in [0, 0.1) is 0 Å². The van der Waals surface area contributed by atoms with Crippen molar-refractivity contribution in [3.63, 3.8) is 0 Å². The molecule has 0 radical (unpaired) electrons. The summed E-state index contributed by atoms with van der Waals surface area (Å²) in [5.74, 6) is 0. The fourth-order valence-corrected chi connectivity index (χ4v) is 8.46. The van der Waals surface area contributed by atoms with Crippen molar-refractivity contribution >= 4 is 55.8 Å². The molecule has 0 amide bonds. The Bertz CT molecular complexity index is 2700. The summed E-state index contributed by atoms with van der Waals surface area (Å²) in [4.78, 5) is 0. The molecule has 0 unspecified atom stereocenters. The topological polar surface area (TPSA) is 9.86 Å². The van der Waals surface area contributed by atoms with Gasteiger partial charge in [-0.05, 0) is 88.0 Å². The van der Waals surface area contributed by atoms with Crippen LogP contribution < -0.4 is 0 Å². The van der Waals surface area contributed by atoms with E-state index in [2.05, 4.69) is 208 Å². The Kier molecular flexibility index (Phi) is 7.83. The van der Waals surface area contributed by atoms with E-state index in [0.717, 1.165) is 22.5 Å². The van der Waals surface area contributed by atoms with Crippen molar-refractivity contribution < 1.29 is 0 Å². The van der Waals surface area contributed by atoms with Gasteiger partial charge in [-0.2, -0.15) is 0 Å². The van der Waals surface area contributed by atoms with Crippen molar-refractivity contribution in [2.45, 2.75) is 38.5 Å². The summed E-state index contributed by atoms with van der Waals surface area (Å²) in [6.07, 6.45) is 3.80. The summed E-state index contributed by atoms with van der Waals surface area (Å²) in [6, 6.07) is 58.2. The van der Waals surface area contributed by atoms with Gasteiger partial charge >= 0.3 is 0 Å². The third kappa shape index (κ3) is 5.24. The molecule has 0 fully saturated rings. The van der Waals surface area contributed by atoms with Gasteiger partial charge < -0.3 is 9.13 Å². The lowest BCUT2D eigenvalue weighted by molar-refractivity contribution is 0.641. The van der Waals surface area contributed by atoms with E-state index in [1.165, 1.54) is 65.9 Å². The van der Waals surface area contributed by atoms with Crippen LogP contribution in [-0.2, 0) is 10.8 Å². The molecule has 0 atom stereocenters. The molecule has 2 heteroatoms. The molecule has 0 aliphatic rings. The van der Waals surface area contributed by atoms with Gasteiger partial charge in [-0.3, -0.25) is 0 Å². The highest BCUT2D eigenvalue weighted by molar-refractivity contribution is 6.11. The van der Waals surface area contributed by atoms with E-state index in [4.69, 9.17) is 0 Å². The third-order valence-corrected chi connectivity index (χ3v) is 11.9. The molecule has 0 aliphatic heterocycles. The van der Waals surface area contributed by atoms with E-state index >= 15 is 0 Å². The maximum Gasteiger partial charge on any atom is 0.0541 e. The molecule has 2 aromatic heterocycles. The Balaban J connectivity index is 1.18. The molecule has 0 spiro atoms. The van der Waals surface area contributed by atoms with Crippen LogP contribution in [0.4, 0.5) is 0 Å². The summed E-state index contributed by atoms with van der Waals surface area (Å²) >= 11 is 0. The first-order valence-corrected chi connectivity index (χ1v) is 18.8. The second kappa shape index (κ2) is 12.6. The number of hydrogen-bond acceptors (Lipinski definition) is 0. The quantitative estimate of drug-likeness (QED) is 0.150. The molecule has 262 valence electrons. The monoisotopic (exact) mass is 696 g/mol. The highest BCUT2D eigenvalue weighted by atomic mass is 15.0. The van der Waals surface area contributed by atoms with Crippen LogP contribution in [-0.4, -0.2) is 9.13 Å². The standard InChI is InChI=1S/C52H44N2/c1-7-35-20-24-37(25-21-35)51(3,4)39-28-30-49-45(32-39)43-16-9-11-18-47(43)53(49)41-14-13-15-42(34-41)54-48-19-12-10-17-44(48)46-33-40(29-31-50(46)54)52(5,6)38-26-22-36(8-2)23-27-38/h7-34H,1-2H2,3-6H3. The fraction of sp³-hybridized carbons (Fsp3) is 0.115. The van der Waals surface area contributed by atoms with E-state index in [9.17, 15) is 0 Å². The number of aromatic nitrogens is 2. The molecule has 0 N–H and O–H groups in total. The lowest BCUT2D eigenvalue weighted by atomic mass is 9.77. The fourth-order valence-electron chi connectivity index (χ4n) is 8.46. The minimum atomic E-state index is -0.168. The van der Waals surface area contributed by atoms with Crippen molar-refractivity contribution in [1.29, 1.82) is 0 Å². The Morgan fingerprint density at radius 2 is 0.741 bits per heavy atom. The van der Waals surface area contributed by atoms with Gasteiger partial charge in [0.1, 0.15) is 0 Å². The predicted octanol–water partition coefficient (Wildman–Crippen LogP) is 13.8. The lowest BCUT2D eigenvalue weighted by Gasteiger charge is -2.26. The van der Waals surface area contributed by atoms with Gasteiger partial charge in [0.2, 0.25) is 0 Å². The number of rotatable bonds is 8. The van der Waals surface area contributed by atoms with E-state index in [1.54, 1.807) is 0 Å². The summed E-state index contributed by atoms with van der Waals surface area (Å²) in [5, 5.41) is 5.03. The van der Waals surface area contributed by atoms with E-state index in [0.29, 0.717) is 0 Å². The minimum Gasteiger partial charge on any atom is -0.309 e. The van der Waals surface area contributed by atoms with Crippen molar-refractivity contribution in [1.82, 2.24) is 9.13 Å². The van der Waals surface area contributed by atoms with Gasteiger partial charge in [0.15, 0.2) is 0 Å². The van der Waals surface area contributed by atoms with Gasteiger partial charge in [0.05, 0.1) is 22.1 Å². The van der Waals surface area contributed by atoms with Crippen LogP contribution >= 0.6 is 0 Å². The average molecular weight is 697 g/mol. The third-order valence-electron chi connectivity index (χ3n) is 11.9. The average Bonchev–Trinajstić information content (AvgIpc) is 3.73. The Hall–Kier alpha value is -6.38. The zero-order valence-corrected chi connectivity index (χ0v) is 31.5. The highest BCUT2D eigenvalue weighted by Gasteiger charge is 2.26. The smallest absolute Gasteiger partial charge is 0.0541 e. The molecule has 0 aliphatic carbocycles. The second-order valence-corrected chi connectivity index (χ2v) is 15.6. The first kappa shape index (κ1) is 33.5. The van der Waals surface area contributed by atoms with Crippen LogP contribution in [0.1, 0.15) is 61.1 Å². The Labute approximate surface area is 317 Å². The zero-order chi connectivity index (χ0) is 37.2. The normalized spacial score (nSPS) is 12.2. The molecule has 9 rings (SSSR count). The molecule has 2 heterocycles. The van der Waals surface area contributed by atoms with Crippen molar-refractivity contribution in [2.75, 3.05) is 0 Å². The summed E-state index contributed by atoms with van der Waals surface area (Å²) in [5.41, 5.74) is 14.2. The van der Waals surface area contributed by atoms with E-state index in [-0.39, 0.29) is 10.8 Å². The number of hydrogen-bond donors (Lipinski definition) is 0. The van der Waals surface area contributed by atoms with Crippen LogP contribution in [0.5, 0.6) is 0 Å². The number of benzene rings is 7. The first-order valence-electron chi connectivity index (χ1n) is 18.8. The molecule has 7 aromatic carbocycles. The molecular formula is C52H44N2. The van der Waals surface area contributed by atoms with Crippen molar-refractivity contribution in [3.05, 3.63) is 204 Å². The largest absolute Gasteiger partial charge is 0.309 e. The van der Waals surface area contributed by atoms with Gasteiger partial charge in [-0.15, -0.1) is 0 Å². The van der Waals surface area contributed by atoms with E-state index < -0.39 is 0 Å². The molecule has 0 bridgehead atoms. The van der Waals surface area contributed by atoms with Gasteiger partial charge in [0.25, 0.3) is 0 Å². The van der Waals surface area contributed by atoms with Crippen LogP contribution in [0.2, 0.25) is 0 Å².